The van der Waals surface area contributed by atoms with Gasteiger partial charge in [0, 0.05) is 5.56 Å². The Balaban J connectivity index is 3.44. The quantitative estimate of drug-likeness (QED) is 0.351. The third kappa shape index (κ3) is 3.68. The van der Waals surface area contributed by atoms with E-state index in [1.165, 1.54) is 0 Å². The van der Waals surface area contributed by atoms with Gasteiger partial charge in [-0.25, -0.2) is 13.6 Å². The molecule has 0 heterocycles. The summed E-state index contributed by atoms with van der Waals surface area (Å²) < 4.78 is 55.2. The fourth-order valence-electron chi connectivity index (χ4n) is 1.55. The normalized spacial score (nSPS) is 11.2. The SMILES string of the molecule is CCOC=C(C(=O)OCC)c1cc(F)c(F)c(OC)c1F. The Morgan fingerprint density at radius 1 is 1.19 bits per heavy atom. The molecule has 0 saturated carbocycles. The molecule has 0 saturated heterocycles. The lowest BCUT2D eigenvalue weighted by molar-refractivity contribution is -0.136. The second-order valence-corrected chi connectivity index (χ2v) is 3.77. The lowest BCUT2D eigenvalue weighted by Crippen LogP contribution is -2.11. The minimum absolute atomic E-state index is 0.0325. The van der Waals surface area contributed by atoms with Crippen molar-refractivity contribution in [1.82, 2.24) is 0 Å². The molecule has 0 spiro atoms. The van der Waals surface area contributed by atoms with Crippen LogP contribution in [0.3, 0.4) is 0 Å². The lowest BCUT2D eigenvalue weighted by Gasteiger charge is -2.12. The molecule has 116 valence electrons. The number of carbonyl (C=O) groups excluding carboxylic acids is 1. The molecule has 1 aromatic rings. The number of carbonyl (C=O) groups is 1. The number of hydrogen-bond donors (Lipinski definition) is 0. The minimum Gasteiger partial charge on any atom is -0.501 e. The van der Waals surface area contributed by atoms with Crippen molar-refractivity contribution < 1.29 is 32.2 Å². The monoisotopic (exact) mass is 304 g/mol. The van der Waals surface area contributed by atoms with Crippen LogP contribution < -0.4 is 4.74 Å². The van der Waals surface area contributed by atoms with E-state index in [9.17, 15) is 18.0 Å². The molecule has 0 radical (unpaired) electrons. The molecule has 0 amide bonds. The van der Waals surface area contributed by atoms with Gasteiger partial charge in [0.2, 0.25) is 5.82 Å². The van der Waals surface area contributed by atoms with E-state index in [0.29, 0.717) is 6.07 Å². The van der Waals surface area contributed by atoms with E-state index in [1.54, 1.807) is 13.8 Å². The van der Waals surface area contributed by atoms with Crippen LogP contribution in [0.4, 0.5) is 13.2 Å². The summed E-state index contributed by atoms with van der Waals surface area (Å²) in [6.07, 6.45) is 0.938. The molecule has 7 heteroatoms. The summed E-state index contributed by atoms with van der Waals surface area (Å²) in [5, 5.41) is 0. The van der Waals surface area contributed by atoms with E-state index in [4.69, 9.17) is 9.47 Å². The highest BCUT2D eigenvalue weighted by Gasteiger charge is 2.25. The number of methoxy groups -OCH3 is 1. The molecule has 21 heavy (non-hydrogen) atoms. The van der Waals surface area contributed by atoms with Crippen molar-refractivity contribution in [1.29, 1.82) is 0 Å². The van der Waals surface area contributed by atoms with E-state index in [1.807, 2.05) is 0 Å². The Hall–Kier alpha value is -2.18. The van der Waals surface area contributed by atoms with Crippen molar-refractivity contribution in [3.05, 3.63) is 35.3 Å². The summed E-state index contributed by atoms with van der Waals surface area (Å²) in [4.78, 5) is 11.8. The van der Waals surface area contributed by atoms with E-state index >= 15 is 0 Å². The van der Waals surface area contributed by atoms with Gasteiger partial charge in [-0.1, -0.05) is 0 Å². The minimum atomic E-state index is -1.47. The number of rotatable bonds is 6. The van der Waals surface area contributed by atoms with Crippen LogP contribution in [0.15, 0.2) is 12.3 Å². The van der Waals surface area contributed by atoms with E-state index in [2.05, 4.69) is 4.74 Å². The molecular weight excluding hydrogens is 289 g/mol. The van der Waals surface area contributed by atoms with Crippen molar-refractivity contribution >= 4 is 11.5 Å². The highest BCUT2D eigenvalue weighted by Crippen LogP contribution is 2.31. The van der Waals surface area contributed by atoms with Gasteiger partial charge in [0.1, 0.15) is 5.57 Å². The van der Waals surface area contributed by atoms with Crippen molar-refractivity contribution in [3.8, 4) is 5.75 Å². The smallest absolute Gasteiger partial charge is 0.341 e. The first-order valence-electron chi connectivity index (χ1n) is 6.18. The summed E-state index contributed by atoms with van der Waals surface area (Å²) in [7, 11) is 0.987. The first kappa shape index (κ1) is 16.9. The van der Waals surface area contributed by atoms with Gasteiger partial charge in [0.15, 0.2) is 17.4 Å². The van der Waals surface area contributed by atoms with Gasteiger partial charge in [-0.3, -0.25) is 0 Å². The highest BCUT2D eigenvalue weighted by molar-refractivity contribution is 6.16. The molecule has 0 bridgehead atoms. The summed E-state index contributed by atoms with van der Waals surface area (Å²) in [5.41, 5.74) is -0.869. The average molecular weight is 304 g/mol. The Kier molecular flexibility index (Phi) is 6.08. The summed E-state index contributed by atoms with van der Waals surface area (Å²) in [5.74, 6) is -5.88. The maximum absolute atomic E-state index is 14.2. The Bertz CT molecular complexity index is 556. The zero-order chi connectivity index (χ0) is 16.0. The number of hydrogen-bond acceptors (Lipinski definition) is 4. The van der Waals surface area contributed by atoms with E-state index in [-0.39, 0.29) is 18.8 Å². The van der Waals surface area contributed by atoms with Crippen molar-refractivity contribution in [2.75, 3.05) is 20.3 Å². The largest absolute Gasteiger partial charge is 0.501 e. The van der Waals surface area contributed by atoms with Gasteiger partial charge in [-0.2, -0.15) is 4.39 Å². The zero-order valence-corrected chi connectivity index (χ0v) is 11.8. The average Bonchev–Trinajstić information content (AvgIpc) is 2.45. The van der Waals surface area contributed by atoms with Crippen LogP contribution in [0.2, 0.25) is 0 Å². The van der Waals surface area contributed by atoms with Crippen LogP contribution in [0.25, 0.3) is 5.57 Å². The predicted octanol–water partition coefficient (Wildman–Crippen LogP) is 3.05. The van der Waals surface area contributed by atoms with Crippen LogP contribution in [-0.2, 0) is 14.3 Å². The second-order valence-electron chi connectivity index (χ2n) is 3.77. The van der Waals surface area contributed by atoms with Crippen LogP contribution in [0.5, 0.6) is 5.75 Å². The fraction of sp³-hybridized carbons (Fsp3) is 0.357. The van der Waals surface area contributed by atoms with Crippen LogP contribution in [0.1, 0.15) is 19.4 Å². The van der Waals surface area contributed by atoms with E-state index < -0.39 is 34.7 Å². The molecule has 0 aliphatic carbocycles. The second kappa shape index (κ2) is 7.56. The van der Waals surface area contributed by atoms with Crippen molar-refractivity contribution in [3.63, 3.8) is 0 Å². The summed E-state index contributed by atoms with van der Waals surface area (Å²) in [6.45, 7) is 3.43. The molecule has 0 aromatic heterocycles. The molecule has 0 aliphatic rings. The number of esters is 1. The number of benzene rings is 1. The van der Waals surface area contributed by atoms with Gasteiger partial charge in [0.05, 0.1) is 26.6 Å². The van der Waals surface area contributed by atoms with Crippen LogP contribution >= 0.6 is 0 Å². The Morgan fingerprint density at radius 2 is 1.86 bits per heavy atom. The third-order valence-corrected chi connectivity index (χ3v) is 2.47. The molecule has 4 nitrogen and oxygen atoms in total. The van der Waals surface area contributed by atoms with Gasteiger partial charge >= 0.3 is 5.97 Å². The standard InChI is InChI=1S/C14H15F3O4/c1-4-20-7-9(14(18)21-5-2)8-6-10(15)12(17)13(19-3)11(8)16/h6-7H,4-5H2,1-3H3. The van der Waals surface area contributed by atoms with Gasteiger partial charge in [-0.15, -0.1) is 0 Å². The lowest BCUT2D eigenvalue weighted by atomic mass is 10.1. The number of ether oxygens (including phenoxy) is 3. The van der Waals surface area contributed by atoms with E-state index in [0.717, 1.165) is 13.4 Å². The first-order chi connectivity index (χ1) is 9.97. The maximum Gasteiger partial charge on any atom is 0.341 e. The zero-order valence-electron chi connectivity index (χ0n) is 11.8. The predicted molar refractivity (Wildman–Crippen MR) is 69.1 cm³/mol. The summed E-state index contributed by atoms with van der Waals surface area (Å²) >= 11 is 0. The molecule has 0 atom stereocenters. The van der Waals surface area contributed by atoms with Gasteiger partial charge < -0.3 is 14.2 Å². The molecule has 1 rings (SSSR count). The highest BCUT2D eigenvalue weighted by atomic mass is 19.2. The molecule has 0 aliphatic heterocycles. The number of halogens is 3. The molecule has 0 fully saturated rings. The van der Waals surface area contributed by atoms with Crippen LogP contribution in [-0.4, -0.2) is 26.3 Å². The molecule has 1 aromatic carbocycles. The van der Waals surface area contributed by atoms with Gasteiger partial charge in [0.25, 0.3) is 0 Å². The Labute approximate surface area is 120 Å². The van der Waals surface area contributed by atoms with Gasteiger partial charge in [-0.05, 0) is 19.9 Å². The summed E-state index contributed by atoms with van der Waals surface area (Å²) in [6, 6.07) is 0.551. The topological polar surface area (TPSA) is 44.8 Å². The maximum atomic E-state index is 14.2. The molecule has 0 unspecified atom stereocenters. The Morgan fingerprint density at radius 3 is 2.38 bits per heavy atom. The molecular formula is C14H15F3O4. The first-order valence-corrected chi connectivity index (χ1v) is 6.18. The van der Waals surface area contributed by atoms with Crippen LogP contribution in [0, 0.1) is 17.5 Å². The fourth-order valence-corrected chi connectivity index (χ4v) is 1.55. The van der Waals surface area contributed by atoms with Crippen molar-refractivity contribution in [2.24, 2.45) is 0 Å². The van der Waals surface area contributed by atoms with Crippen molar-refractivity contribution in [2.45, 2.75) is 13.8 Å². The third-order valence-electron chi connectivity index (χ3n) is 2.47. The molecule has 0 N–H and O–H groups in total.